The highest BCUT2D eigenvalue weighted by atomic mass is 19.1. The number of hydrogen-bond acceptors (Lipinski definition) is 5. The number of benzene rings is 2. The van der Waals surface area contributed by atoms with Crippen molar-refractivity contribution >= 4 is 10.9 Å². The highest BCUT2D eigenvalue weighted by molar-refractivity contribution is 5.81. The lowest BCUT2D eigenvalue weighted by molar-refractivity contribution is 0.00804. The van der Waals surface area contributed by atoms with Crippen LogP contribution in [-0.4, -0.2) is 54.6 Å². The predicted molar refractivity (Wildman–Crippen MR) is 111 cm³/mol. The van der Waals surface area contributed by atoms with Crippen LogP contribution in [0.1, 0.15) is 18.5 Å². The Balaban J connectivity index is 1.44. The van der Waals surface area contributed by atoms with Crippen LogP contribution in [0, 0.1) is 5.82 Å². The van der Waals surface area contributed by atoms with Gasteiger partial charge in [0.05, 0.1) is 12.6 Å². The number of aromatic amines is 1. The average molecular weight is 398 g/mol. The molecule has 2 aromatic carbocycles. The average Bonchev–Trinajstić information content (AvgIpc) is 3.16. The normalized spacial score (nSPS) is 16.1. The summed E-state index contributed by atoms with van der Waals surface area (Å²) >= 11 is 0. The van der Waals surface area contributed by atoms with Gasteiger partial charge in [-0.25, -0.2) is 4.39 Å². The van der Waals surface area contributed by atoms with Gasteiger partial charge in [-0.1, -0.05) is 12.1 Å². The number of aryl methyl sites for hydroxylation is 1. The molecule has 7 heteroatoms. The van der Waals surface area contributed by atoms with Crippen LogP contribution in [0.3, 0.4) is 0 Å². The number of nitrogens with zero attached hydrogens (tertiary/aromatic N) is 2. The van der Waals surface area contributed by atoms with Crippen molar-refractivity contribution in [2.24, 2.45) is 0 Å². The molecule has 1 aliphatic heterocycles. The zero-order valence-electron chi connectivity index (χ0n) is 16.7. The zero-order chi connectivity index (χ0) is 20.1. The molecule has 1 aromatic heterocycles. The number of rotatable bonds is 8. The lowest BCUT2D eigenvalue weighted by Crippen LogP contribution is -2.50. The van der Waals surface area contributed by atoms with E-state index in [9.17, 15) is 4.39 Å². The maximum Gasteiger partial charge on any atom is 0.163 e. The molecule has 2 N–H and O–H groups in total. The molecule has 4 rings (SSSR count). The van der Waals surface area contributed by atoms with Crippen molar-refractivity contribution in [3.63, 3.8) is 0 Å². The molecule has 6 nitrogen and oxygen atoms in total. The summed E-state index contributed by atoms with van der Waals surface area (Å²) in [6, 6.07) is 12.5. The first-order valence-electron chi connectivity index (χ1n) is 10.1. The van der Waals surface area contributed by atoms with Crippen molar-refractivity contribution in [1.29, 1.82) is 0 Å². The number of methoxy groups -OCH3 is 1. The molecule has 1 saturated heterocycles. The standard InChI is InChI=1S/C22H27FN4O2/c1-28-20-6-2-3-7-21(20)29-22(27-13-11-24-12-14-27)8-4-5-18-17-10-9-16(23)15-19(17)26-25-18/h2-3,6-7,9-10,15,22,24H,4-5,8,11-14H2,1H3,(H,25,26). The van der Waals surface area contributed by atoms with Crippen LogP contribution in [0.15, 0.2) is 42.5 Å². The number of para-hydroxylation sites is 2. The van der Waals surface area contributed by atoms with Gasteiger partial charge in [0.15, 0.2) is 17.7 Å². The summed E-state index contributed by atoms with van der Waals surface area (Å²) in [5.41, 5.74) is 1.71. The van der Waals surface area contributed by atoms with E-state index < -0.39 is 0 Å². The molecule has 0 aliphatic carbocycles. The van der Waals surface area contributed by atoms with E-state index in [-0.39, 0.29) is 12.0 Å². The van der Waals surface area contributed by atoms with Crippen molar-refractivity contribution in [3.8, 4) is 11.5 Å². The summed E-state index contributed by atoms with van der Waals surface area (Å²) in [5, 5.41) is 11.7. The summed E-state index contributed by atoms with van der Waals surface area (Å²) in [7, 11) is 1.66. The van der Waals surface area contributed by atoms with E-state index in [0.29, 0.717) is 5.52 Å². The summed E-state index contributed by atoms with van der Waals surface area (Å²) in [6.45, 7) is 3.82. The van der Waals surface area contributed by atoms with E-state index in [0.717, 1.165) is 68.0 Å². The molecule has 0 spiro atoms. The molecular formula is C22H27FN4O2. The Labute approximate surface area is 170 Å². The van der Waals surface area contributed by atoms with Crippen LogP contribution in [-0.2, 0) is 6.42 Å². The van der Waals surface area contributed by atoms with E-state index in [2.05, 4.69) is 20.4 Å². The van der Waals surface area contributed by atoms with Crippen LogP contribution in [0.25, 0.3) is 10.9 Å². The van der Waals surface area contributed by atoms with Gasteiger partial charge in [0.1, 0.15) is 5.82 Å². The lowest BCUT2D eigenvalue weighted by atomic mass is 10.1. The molecule has 3 aromatic rings. The fourth-order valence-corrected chi connectivity index (χ4v) is 3.83. The molecule has 1 atom stereocenters. The molecule has 1 aliphatic rings. The Morgan fingerprint density at radius 2 is 1.93 bits per heavy atom. The fourth-order valence-electron chi connectivity index (χ4n) is 3.83. The van der Waals surface area contributed by atoms with E-state index in [4.69, 9.17) is 9.47 Å². The maximum absolute atomic E-state index is 13.4. The Hall–Kier alpha value is -2.64. The molecule has 1 unspecified atom stereocenters. The first kappa shape index (κ1) is 19.7. The summed E-state index contributed by atoms with van der Waals surface area (Å²) in [5.74, 6) is 1.25. The SMILES string of the molecule is COc1ccccc1OC(CCCc1[nH]nc2cc(F)ccc12)N1CCNCC1. The minimum atomic E-state index is -0.264. The van der Waals surface area contributed by atoms with Gasteiger partial charge in [0.25, 0.3) is 0 Å². The fraction of sp³-hybridized carbons (Fsp3) is 0.409. The molecule has 1 fully saturated rings. The summed E-state index contributed by atoms with van der Waals surface area (Å²) in [6.07, 6.45) is 2.61. The first-order chi connectivity index (χ1) is 14.2. The highest BCUT2D eigenvalue weighted by Gasteiger charge is 2.23. The van der Waals surface area contributed by atoms with Crippen LogP contribution in [0.5, 0.6) is 11.5 Å². The van der Waals surface area contributed by atoms with Gasteiger partial charge in [-0.05, 0) is 43.5 Å². The molecule has 0 radical (unpaired) electrons. The monoisotopic (exact) mass is 398 g/mol. The number of H-pyrrole nitrogens is 1. The van der Waals surface area contributed by atoms with Gasteiger partial charge in [-0.2, -0.15) is 5.10 Å². The van der Waals surface area contributed by atoms with E-state index >= 15 is 0 Å². The number of piperazine rings is 1. The zero-order valence-corrected chi connectivity index (χ0v) is 16.7. The number of ether oxygens (including phenoxy) is 2. The van der Waals surface area contributed by atoms with Crippen molar-refractivity contribution in [2.75, 3.05) is 33.3 Å². The van der Waals surface area contributed by atoms with E-state index in [1.54, 1.807) is 13.2 Å². The Morgan fingerprint density at radius 3 is 2.72 bits per heavy atom. The molecule has 0 bridgehead atoms. The van der Waals surface area contributed by atoms with Crippen molar-refractivity contribution in [1.82, 2.24) is 20.4 Å². The second-order valence-electron chi connectivity index (χ2n) is 7.27. The van der Waals surface area contributed by atoms with Crippen molar-refractivity contribution in [3.05, 3.63) is 54.0 Å². The number of halogens is 1. The third kappa shape index (κ3) is 4.68. The van der Waals surface area contributed by atoms with E-state index in [1.165, 1.54) is 12.1 Å². The first-order valence-corrected chi connectivity index (χ1v) is 10.1. The Kier molecular flexibility index (Phi) is 6.27. The number of fused-ring (bicyclic) bond motifs is 1. The van der Waals surface area contributed by atoms with Crippen LogP contribution >= 0.6 is 0 Å². The minimum Gasteiger partial charge on any atom is -0.493 e. The topological polar surface area (TPSA) is 62.4 Å². The number of hydrogen-bond donors (Lipinski definition) is 2. The Bertz CT molecular complexity index is 939. The van der Waals surface area contributed by atoms with Gasteiger partial charge in [-0.3, -0.25) is 10.00 Å². The largest absolute Gasteiger partial charge is 0.493 e. The van der Waals surface area contributed by atoms with Crippen molar-refractivity contribution in [2.45, 2.75) is 25.5 Å². The third-order valence-corrected chi connectivity index (χ3v) is 5.36. The minimum absolute atomic E-state index is 0.0277. The molecule has 0 amide bonds. The van der Waals surface area contributed by atoms with Crippen LogP contribution < -0.4 is 14.8 Å². The quantitative estimate of drug-likeness (QED) is 0.609. The van der Waals surface area contributed by atoms with Gasteiger partial charge < -0.3 is 14.8 Å². The maximum atomic E-state index is 13.4. The van der Waals surface area contributed by atoms with Gasteiger partial charge in [0.2, 0.25) is 0 Å². The molecule has 154 valence electrons. The highest BCUT2D eigenvalue weighted by Crippen LogP contribution is 2.29. The van der Waals surface area contributed by atoms with Crippen LogP contribution in [0.2, 0.25) is 0 Å². The number of nitrogens with one attached hydrogen (secondary N) is 2. The smallest absolute Gasteiger partial charge is 0.163 e. The second-order valence-corrected chi connectivity index (χ2v) is 7.27. The molecule has 29 heavy (non-hydrogen) atoms. The van der Waals surface area contributed by atoms with Gasteiger partial charge >= 0.3 is 0 Å². The summed E-state index contributed by atoms with van der Waals surface area (Å²) < 4.78 is 25.2. The number of aromatic nitrogens is 2. The van der Waals surface area contributed by atoms with Gasteiger partial charge in [0, 0.05) is 43.3 Å². The molecule has 2 heterocycles. The lowest BCUT2D eigenvalue weighted by Gasteiger charge is -2.35. The van der Waals surface area contributed by atoms with E-state index in [1.807, 2.05) is 24.3 Å². The van der Waals surface area contributed by atoms with Crippen molar-refractivity contribution < 1.29 is 13.9 Å². The second kappa shape index (κ2) is 9.24. The van der Waals surface area contributed by atoms with Gasteiger partial charge in [-0.15, -0.1) is 0 Å². The Morgan fingerprint density at radius 1 is 1.14 bits per heavy atom. The predicted octanol–water partition coefficient (Wildman–Crippen LogP) is 3.34. The van der Waals surface area contributed by atoms with Crippen LogP contribution in [0.4, 0.5) is 4.39 Å². The molecular weight excluding hydrogens is 371 g/mol. The summed E-state index contributed by atoms with van der Waals surface area (Å²) in [4.78, 5) is 2.38. The third-order valence-electron chi connectivity index (χ3n) is 5.36. The molecule has 0 saturated carbocycles.